The molecule has 13 heavy (non-hydrogen) atoms. The minimum atomic E-state index is -2.29. The molecule has 0 atom stereocenters. The molecule has 74 valence electrons. The van der Waals surface area contributed by atoms with Gasteiger partial charge in [-0.1, -0.05) is 0 Å². The maximum atomic E-state index is 10.6. The van der Waals surface area contributed by atoms with E-state index in [0.29, 0.717) is 0 Å². The molecule has 0 fully saturated rings. The molecule has 0 aliphatic heterocycles. The first-order chi connectivity index (χ1) is 5.78. The van der Waals surface area contributed by atoms with E-state index in [1.54, 1.807) is 0 Å². The van der Waals surface area contributed by atoms with E-state index < -0.39 is 34.2 Å². The van der Waals surface area contributed by atoms with Crippen LogP contribution in [0.4, 0.5) is 0 Å². The molecule has 0 unspecified atom stereocenters. The van der Waals surface area contributed by atoms with E-state index >= 15 is 0 Å². The number of hydrogen-bond acceptors (Lipinski definition) is 4. The summed E-state index contributed by atoms with van der Waals surface area (Å²) in [4.78, 5) is 31.4. The van der Waals surface area contributed by atoms with Crippen LogP contribution in [0.5, 0.6) is 0 Å². The number of hydrogen-bond donors (Lipinski definition) is 1. The number of aliphatic hydroxyl groups is 1. The van der Waals surface area contributed by atoms with Crippen LogP contribution in [0.25, 0.3) is 0 Å². The number of rotatable bonds is 5. The lowest BCUT2D eigenvalue weighted by Gasteiger charge is -2.19. The SMILES string of the molecule is O=C(Cl)CC(O)(CC(=O)Cl)C(=O)Cl. The van der Waals surface area contributed by atoms with Gasteiger partial charge in [-0.25, -0.2) is 0 Å². The highest BCUT2D eigenvalue weighted by Gasteiger charge is 2.38. The zero-order valence-electron chi connectivity index (χ0n) is 6.22. The summed E-state index contributed by atoms with van der Waals surface area (Å²) in [6.07, 6.45) is -1.48. The Balaban J connectivity index is 4.62. The minimum Gasteiger partial charge on any atom is -0.380 e. The average Bonchev–Trinajstić information content (AvgIpc) is 1.82. The molecule has 4 nitrogen and oxygen atoms in total. The fourth-order valence-corrected chi connectivity index (χ4v) is 1.24. The van der Waals surface area contributed by atoms with Crippen molar-refractivity contribution in [3.63, 3.8) is 0 Å². The van der Waals surface area contributed by atoms with Gasteiger partial charge in [-0.2, -0.15) is 0 Å². The number of halogens is 3. The second kappa shape index (κ2) is 4.91. The molecule has 0 aromatic carbocycles. The van der Waals surface area contributed by atoms with Crippen molar-refractivity contribution in [2.24, 2.45) is 0 Å². The highest BCUT2D eigenvalue weighted by atomic mass is 35.5. The van der Waals surface area contributed by atoms with E-state index in [9.17, 15) is 19.5 Å². The largest absolute Gasteiger partial charge is 0.380 e. The molecule has 0 saturated carbocycles. The first-order valence-corrected chi connectivity index (χ1v) is 4.20. The van der Waals surface area contributed by atoms with Crippen LogP contribution in [0, 0.1) is 0 Å². The molecule has 0 aromatic rings. The second-order valence-electron chi connectivity index (χ2n) is 2.37. The Morgan fingerprint density at radius 3 is 1.46 bits per heavy atom. The van der Waals surface area contributed by atoms with Crippen LogP contribution in [0.2, 0.25) is 0 Å². The zero-order chi connectivity index (χ0) is 10.6. The summed E-state index contributed by atoms with van der Waals surface area (Å²) in [6, 6.07) is 0. The van der Waals surface area contributed by atoms with Gasteiger partial charge in [0, 0.05) is 0 Å². The predicted molar refractivity (Wildman–Crippen MR) is 46.8 cm³/mol. The third-order valence-corrected chi connectivity index (χ3v) is 1.85. The van der Waals surface area contributed by atoms with E-state index in [0.717, 1.165) is 0 Å². The lowest BCUT2D eigenvalue weighted by molar-refractivity contribution is -0.137. The van der Waals surface area contributed by atoms with Gasteiger partial charge in [0.2, 0.25) is 10.5 Å². The Morgan fingerprint density at radius 1 is 1.00 bits per heavy atom. The van der Waals surface area contributed by atoms with Crippen molar-refractivity contribution in [3.05, 3.63) is 0 Å². The van der Waals surface area contributed by atoms with Gasteiger partial charge < -0.3 is 5.11 Å². The Labute approximate surface area is 88.8 Å². The summed E-state index contributed by atoms with van der Waals surface area (Å²) in [6.45, 7) is 0. The lowest BCUT2D eigenvalue weighted by Crippen LogP contribution is -2.38. The fraction of sp³-hybridized carbons (Fsp3) is 0.500. The molecule has 0 spiro atoms. The topological polar surface area (TPSA) is 71.4 Å². The third kappa shape index (κ3) is 4.57. The predicted octanol–water partition coefficient (Wildman–Crippen LogP) is 0.794. The van der Waals surface area contributed by atoms with Gasteiger partial charge in [0.1, 0.15) is 0 Å². The second-order valence-corrected chi connectivity index (χ2v) is 3.56. The molecule has 0 heterocycles. The Kier molecular flexibility index (Phi) is 4.85. The molecule has 0 saturated heterocycles. The quantitative estimate of drug-likeness (QED) is 0.729. The van der Waals surface area contributed by atoms with Gasteiger partial charge in [0.25, 0.3) is 5.24 Å². The smallest absolute Gasteiger partial charge is 0.254 e. The Bertz CT molecular complexity index is 234. The van der Waals surface area contributed by atoms with Crippen molar-refractivity contribution in [3.8, 4) is 0 Å². The molecule has 0 radical (unpaired) electrons. The van der Waals surface area contributed by atoms with Crippen molar-refractivity contribution in [1.29, 1.82) is 0 Å². The molecule has 0 rings (SSSR count). The number of carbonyl (C=O) groups excluding carboxylic acids is 3. The van der Waals surface area contributed by atoms with Crippen LogP contribution >= 0.6 is 34.8 Å². The van der Waals surface area contributed by atoms with Gasteiger partial charge in [0.15, 0.2) is 5.60 Å². The van der Waals surface area contributed by atoms with Crippen molar-refractivity contribution in [2.45, 2.75) is 18.4 Å². The highest BCUT2D eigenvalue weighted by molar-refractivity contribution is 6.69. The normalized spacial score (nSPS) is 11.1. The summed E-state index contributed by atoms with van der Waals surface area (Å²) < 4.78 is 0. The van der Waals surface area contributed by atoms with Gasteiger partial charge in [-0.3, -0.25) is 14.4 Å². The monoisotopic (exact) mass is 246 g/mol. The molecule has 0 aliphatic carbocycles. The molecule has 7 heteroatoms. The van der Waals surface area contributed by atoms with Gasteiger partial charge in [0.05, 0.1) is 12.8 Å². The van der Waals surface area contributed by atoms with Crippen molar-refractivity contribution >= 4 is 50.5 Å². The van der Waals surface area contributed by atoms with Crippen molar-refractivity contribution in [1.82, 2.24) is 0 Å². The van der Waals surface area contributed by atoms with Gasteiger partial charge >= 0.3 is 0 Å². The summed E-state index contributed by atoms with van der Waals surface area (Å²) >= 11 is 14.8. The van der Waals surface area contributed by atoms with E-state index in [1.165, 1.54) is 0 Å². The van der Waals surface area contributed by atoms with Crippen molar-refractivity contribution in [2.75, 3.05) is 0 Å². The summed E-state index contributed by atoms with van der Waals surface area (Å²) in [7, 11) is 0. The highest BCUT2D eigenvalue weighted by Crippen LogP contribution is 2.21. The Hall–Kier alpha value is -0.160. The summed E-state index contributed by atoms with van der Waals surface area (Å²) in [5.41, 5.74) is -2.29. The molecule has 0 aliphatic rings. The molecular weight excluding hydrogens is 242 g/mol. The van der Waals surface area contributed by atoms with Gasteiger partial charge in [-0.15, -0.1) is 0 Å². The minimum absolute atomic E-state index is 0.741. The summed E-state index contributed by atoms with van der Waals surface area (Å²) in [5.74, 6) is 0. The molecule has 1 N–H and O–H groups in total. The van der Waals surface area contributed by atoms with Crippen LogP contribution < -0.4 is 0 Å². The fourth-order valence-electron chi connectivity index (χ4n) is 0.661. The Morgan fingerprint density at radius 2 is 1.31 bits per heavy atom. The van der Waals surface area contributed by atoms with Crippen LogP contribution in [0.15, 0.2) is 0 Å². The van der Waals surface area contributed by atoms with Crippen LogP contribution in [0.1, 0.15) is 12.8 Å². The van der Waals surface area contributed by atoms with Crippen LogP contribution in [0.3, 0.4) is 0 Å². The lowest BCUT2D eigenvalue weighted by atomic mass is 9.99. The average molecular weight is 247 g/mol. The van der Waals surface area contributed by atoms with E-state index in [-0.39, 0.29) is 0 Å². The van der Waals surface area contributed by atoms with Crippen LogP contribution in [-0.2, 0) is 14.4 Å². The number of carbonyl (C=O) groups is 3. The van der Waals surface area contributed by atoms with E-state index in [1.807, 2.05) is 0 Å². The standard InChI is InChI=1S/C6H5Cl3O4/c7-3(10)1-6(13,5(9)12)2-4(8)11/h13H,1-2H2. The molecular formula is C6H5Cl3O4. The zero-order valence-corrected chi connectivity index (χ0v) is 8.49. The first kappa shape index (κ1) is 12.8. The molecule has 0 bridgehead atoms. The summed E-state index contributed by atoms with van der Waals surface area (Å²) in [5, 5.41) is 6.14. The first-order valence-electron chi connectivity index (χ1n) is 3.07. The molecule has 0 amide bonds. The van der Waals surface area contributed by atoms with Gasteiger partial charge in [-0.05, 0) is 34.8 Å². The molecule has 0 aromatic heterocycles. The maximum Gasteiger partial charge on any atom is 0.254 e. The maximum absolute atomic E-state index is 10.6. The van der Waals surface area contributed by atoms with Crippen LogP contribution in [-0.4, -0.2) is 26.4 Å². The van der Waals surface area contributed by atoms with E-state index in [4.69, 9.17) is 34.8 Å². The van der Waals surface area contributed by atoms with Crippen molar-refractivity contribution < 1.29 is 19.5 Å². The van der Waals surface area contributed by atoms with E-state index in [2.05, 4.69) is 0 Å². The third-order valence-electron chi connectivity index (χ3n) is 1.23.